The second-order valence-corrected chi connectivity index (χ2v) is 4.94. The zero-order valence-electron chi connectivity index (χ0n) is 9.52. The SMILES string of the molecule is COCCN(Cc1ccsc1)C(=O)C1CC1. The van der Waals surface area contributed by atoms with Gasteiger partial charge < -0.3 is 9.64 Å². The molecule has 0 aromatic carbocycles. The highest BCUT2D eigenvalue weighted by atomic mass is 32.1. The van der Waals surface area contributed by atoms with Crippen LogP contribution in [0.1, 0.15) is 18.4 Å². The van der Waals surface area contributed by atoms with E-state index in [0.29, 0.717) is 19.1 Å². The van der Waals surface area contributed by atoms with Crippen molar-refractivity contribution in [1.82, 2.24) is 4.90 Å². The lowest BCUT2D eigenvalue weighted by molar-refractivity contribution is -0.133. The summed E-state index contributed by atoms with van der Waals surface area (Å²) in [4.78, 5) is 13.9. The predicted octanol–water partition coefficient (Wildman–Crippen LogP) is 2.13. The van der Waals surface area contributed by atoms with E-state index >= 15 is 0 Å². The van der Waals surface area contributed by atoms with Gasteiger partial charge in [0.05, 0.1) is 6.61 Å². The molecular weight excluding hydrogens is 222 g/mol. The number of hydrogen-bond donors (Lipinski definition) is 0. The monoisotopic (exact) mass is 239 g/mol. The van der Waals surface area contributed by atoms with Gasteiger partial charge in [0.15, 0.2) is 0 Å². The van der Waals surface area contributed by atoms with Crippen LogP contribution in [-0.2, 0) is 16.1 Å². The third kappa shape index (κ3) is 3.06. The van der Waals surface area contributed by atoms with Crippen molar-refractivity contribution < 1.29 is 9.53 Å². The first-order valence-electron chi connectivity index (χ1n) is 5.60. The molecule has 1 aliphatic carbocycles. The van der Waals surface area contributed by atoms with E-state index in [0.717, 1.165) is 19.4 Å². The van der Waals surface area contributed by atoms with Crippen molar-refractivity contribution in [2.45, 2.75) is 19.4 Å². The molecule has 1 saturated carbocycles. The minimum absolute atomic E-state index is 0.287. The van der Waals surface area contributed by atoms with Crippen LogP contribution < -0.4 is 0 Å². The number of carbonyl (C=O) groups is 1. The van der Waals surface area contributed by atoms with Gasteiger partial charge in [0.2, 0.25) is 5.91 Å². The number of rotatable bonds is 6. The highest BCUT2D eigenvalue weighted by molar-refractivity contribution is 7.07. The standard InChI is InChI=1S/C12H17NO2S/c1-15-6-5-13(12(14)11-2-3-11)8-10-4-7-16-9-10/h4,7,9,11H,2-3,5-6,8H2,1H3. The second-order valence-electron chi connectivity index (χ2n) is 4.16. The van der Waals surface area contributed by atoms with Crippen LogP contribution >= 0.6 is 11.3 Å². The molecule has 4 heteroatoms. The Labute approximate surface area is 100 Å². The molecule has 1 aromatic heterocycles. The second kappa shape index (κ2) is 5.46. The fourth-order valence-electron chi connectivity index (χ4n) is 1.66. The Balaban J connectivity index is 1.93. The number of nitrogens with zero attached hydrogens (tertiary/aromatic N) is 1. The van der Waals surface area contributed by atoms with E-state index in [4.69, 9.17) is 4.74 Å². The van der Waals surface area contributed by atoms with Crippen molar-refractivity contribution in [1.29, 1.82) is 0 Å². The summed E-state index contributed by atoms with van der Waals surface area (Å²) in [5.41, 5.74) is 1.22. The third-order valence-electron chi connectivity index (χ3n) is 2.76. The quantitative estimate of drug-likeness (QED) is 0.761. The number of carbonyl (C=O) groups excluding carboxylic acids is 1. The van der Waals surface area contributed by atoms with Crippen LogP contribution in [0.5, 0.6) is 0 Å². The molecule has 3 nitrogen and oxygen atoms in total. The number of thiophene rings is 1. The summed E-state index contributed by atoms with van der Waals surface area (Å²) < 4.78 is 5.05. The normalized spacial score (nSPS) is 15.1. The Morgan fingerprint density at radius 2 is 2.44 bits per heavy atom. The molecule has 1 aliphatic rings. The molecule has 0 aliphatic heterocycles. The smallest absolute Gasteiger partial charge is 0.226 e. The van der Waals surface area contributed by atoms with Gasteiger partial charge in [-0.2, -0.15) is 11.3 Å². The Morgan fingerprint density at radius 1 is 1.62 bits per heavy atom. The van der Waals surface area contributed by atoms with E-state index in [1.807, 2.05) is 10.3 Å². The van der Waals surface area contributed by atoms with Crippen molar-refractivity contribution in [3.8, 4) is 0 Å². The highest BCUT2D eigenvalue weighted by Gasteiger charge is 2.33. The number of methoxy groups -OCH3 is 1. The zero-order chi connectivity index (χ0) is 11.4. The molecular formula is C12H17NO2S. The van der Waals surface area contributed by atoms with Gasteiger partial charge in [-0.25, -0.2) is 0 Å². The molecule has 16 heavy (non-hydrogen) atoms. The Hall–Kier alpha value is -0.870. The fraction of sp³-hybridized carbons (Fsp3) is 0.583. The molecule has 0 radical (unpaired) electrons. The average molecular weight is 239 g/mol. The van der Waals surface area contributed by atoms with Gasteiger partial charge >= 0.3 is 0 Å². The molecule has 0 spiro atoms. The maximum atomic E-state index is 12.0. The lowest BCUT2D eigenvalue weighted by Gasteiger charge is -2.21. The van der Waals surface area contributed by atoms with Gasteiger partial charge in [-0.3, -0.25) is 4.79 Å². The van der Waals surface area contributed by atoms with Gasteiger partial charge in [0, 0.05) is 26.1 Å². The first-order chi connectivity index (χ1) is 7.81. The van der Waals surface area contributed by atoms with E-state index in [2.05, 4.69) is 11.4 Å². The van der Waals surface area contributed by atoms with E-state index in [9.17, 15) is 4.79 Å². The Kier molecular flexibility index (Phi) is 3.96. The summed E-state index contributed by atoms with van der Waals surface area (Å²) in [5.74, 6) is 0.582. The van der Waals surface area contributed by atoms with Crippen molar-refractivity contribution in [2.24, 2.45) is 5.92 Å². The van der Waals surface area contributed by atoms with Crippen LogP contribution in [0.2, 0.25) is 0 Å². The molecule has 88 valence electrons. The summed E-state index contributed by atoms with van der Waals surface area (Å²) in [5, 5.41) is 4.14. The average Bonchev–Trinajstić information content (AvgIpc) is 3.02. The molecule has 1 amide bonds. The molecule has 1 aromatic rings. The maximum Gasteiger partial charge on any atom is 0.226 e. The lowest BCUT2D eigenvalue weighted by Crippen LogP contribution is -2.34. The minimum Gasteiger partial charge on any atom is -0.383 e. The molecule has 1 heterocycles. The van der Waals surface area contributed by atoms with Crippen molar-refractivity contribution in [3.63, 3.8) is 0 Å². The van der Waals surface area contributed by atoms with Gasteiger partial charge in [-0.05, 0) is 35.2 Å². The first-order valence-corrected chi connectivity index (χ1v) is 6.54. The molecule has 1 fully saturated rings. The summed E-state index contributed by atoms with van der Waals surface area (Å²) in [6.07, 6.45) is 2.12. The predicted molar refractivity (Wildman–Crippen MR) is 64.3 cm³/mol. The van der Waals surface area contributed by atoms with Crippen molar-refractivity contribution in [3.05, 3.63) is 22.4 Å². The summed E-state index contributed by atoms with van der Waals surface area (Å²) in [6.45, 7) is 2.03. The van der Waals surface area contributed by atoms with Gasteiger partial charge in [-0.15, -0.1) is 0 Å². The number of hydrogen-bond acceptors (Lipinski definition) is 3. The maximum absolute atomic E-state index is 12.0. The van der Waals surface area contributed by atoms with Gasteiger partial charge in [0.25, 0.3) is 0 Å². The molecule has 0 bridgehead atoms. The lowest BCUT2D eigenvalue weighted by atomic mass is 10.2. The van der Waals surface area contributed by atoms with Gasteiger partial charge in [0.1, 0.15) is 0 Å². The molecule has 0 atom stereocenters. The zero-order valence-corrected chi connectivity index (χ0v) is 10.3. The van der Waals surface area contributed by atoms with Crippen LogP contribution in [-0.4, -0.2) is 31.1 Å². The number of ether oxygens (including phenoxy) is 1. The van der Waals surface area contributed by atoms with E-state index in [1.165, 1.54) is 5.56 Å². The summed E-state index contributed by atoms with van der Waals surface area (Å²) >= 11 is 1.67. The van der Waals surface area contributed by atoms with E-state index in [-0.39, 0.29) is 5.92 Å². The van der Waals surface area contributed by atoms with Gasteiger partial charge in [-0.1, -0.05) is 0 Å². The third-order valence-corrected chi connectivity index (χ3v) is 3.49. The van der Waals surface area contributed by atoms with Crippen LogP contribution in [0.4, 0.5) is 0 Å². The molecule has 2 rings (SSSR count). The van der Waals surface area contributed by atoms with Crippen LogP contribution in [0.25, 0.3) is 0 Å². The van der Waals surface area contributed by atoms with E-state index < -0.39 is 0 Å². The summed E-state index contributed by atoms with van der Waals surface area (Å²) in [6, 6.07) is 2.07. The molecule has 0 saturated heterocycles. The van der Waals surface area contributed by atoms with E-state index in [1.54, 1.807) is 18.4 Å². The van der Waals surface area contributed by atoms with Crippen molar-refractivity contribution in [2.75, 3.05) is 20.3 Å². The van der Waals surface area contributed by atoms with Crippen LogP contribution in [0.15, 0.2) is 16.8 Å². The highest BCUT2D eigenvalue weighted by Crippen LogP contribution is 2.31. The Morgan fingerprint density at radius 3 is 3.00 bits per heavy atom. The molecule has 0 unspecified atom stereocenters. The molecule has 0 N–H and O–H groups in total. The Bertz CT molecular complexity index is 333. The largest absolute Gasteiger partial charge is 0.383 e. The number of amides is 1. The van der Waals surface area contributed by atoms with Crippen LogP contribution in [0.3, 0.4) is 0 Å². The fourth-order valence-corrected chi connectivity index (χ4v) is 2.32. The first kappa shape index (κ1) is 11.6. The topological polar surface area (TPSA) is 29.5 Å². The van der Waals surface area contributed by atoms with Crippen LogP contribution in [0, 0.1) is 5.92 Å². The van der Waals surface area contributed by atoms with Crippen molar-refractivity contribution >= 4 is 17.2 Å². The summed E-state index contributed by atoms with van der Waals surface area (Å²) in [7, 11) is 1.67. The minimum atomic E-state index is 0.287.